The van der Waals surface area contributed by atoms with Crippen LogP contribution in [0.2, 0.25) is 0 Å². The maximum Gasteiger partial charge on any atom is 0.343 e. The highest BCUT2D eigenvalue weighted by Crippen LogP contribution is 2.28. The number of ether oxygens (including phenoxy) is 2. The van der Waals surface area contributed by atoms with E-state index in [1.165, 1.54) is 13.3 Å². The van der Waals surface area contributed by atoms with Gasteiger partial charge in [-0.05, 0) is 41.5 Å². The molecule has 29 heavy (non-hydrogen) atoms. The van der Waals surface area contributed by atoms with Gasteiger partial charge in [0.1, 0.15) is 0 Å². The number of nitrogens with one attached hydrogen (secondary N) is 1. The van der Waals surface area contributed by atoms with Gasteiger partial charge in [0.2, 0.25) is 5.91 Å². The van der Waals surface area contributed by atoms with Crippen LogP contribution in [0.15, 0.2) is 84.0 Å². The first kappa shape index (κ1) is 19.8. The van der Waals surface area contributed by atoms with Crippen molar-refractivity contribution in [1.29, 1.82) is 0 Å². The highest BCUT2D eigenvalue weighted by molar-refractivity contribution is 5.91. The van der Waals surface area contributed by atoms with E-state index in [9.17, 15) is 9.59 Å². The van der Waals surface area contributed by atoms with Gasteiger partial charge in [0, 0.05) is 0 Å². The molecule has 0 aromatic heterocycles. The quantitative estimate of drug-likeness (QED) is 0.290. The van der Waals surface area contributed by atoms with Crippen molar-refractivity contribution in [2.24, 2.45) is 5.10 Å². The summed E-state index contributed by atoms with van der Waals surface area (Å²) in [7, 11) is 1.48. The van der Waals surface area contributed by atoms with Crippen LogP contribution < -0.4 is 14.9 Å². The Hall–Kier alpha value is -3.93. The van der Waals surface area contributed by atoms with Crippen molar-refractivity contribution >= 4 is 18.1 Å². The summed E-state index contributed by atoms with van der Waals surface area (Å²) in [4.78, 5) is 24.1. The number of hydrogen-bond acceptors (Lipinski definition) is 5. The van der Waals surface area contributed by atoms with E-state index in [1.807, 2.05) is 36.4 Å². The average molecular weight is 388 g/mol. The zero-order valence-corrected chi connectivity index (χ0v) is 15.9. The Balaban J connectivity index is 1.61. The molecule has 0 aliphatic heterocycles. The average Bonchev–Trinajstić information content (AvgIpc) is 2.76. The van der Waals surface area contributed by atoms with E-state index in [0.717, 1.165) is 5.56 Å². The third-order valence-electron chi connectivity index (χ3n) is 4.01. The second kappa shape index (κ2) is 9.85. The molecule has 146 valence electrons. The maximum absolute atomic E-state index is 12.2. The number of benzene rings is 3. The van der Waals surface area contributed by atoms with E-state index < -0.39 is 5.97 Å². The van der Waals surface area contributed by atoms with Crippen LogP contribution in [0, 0.1) is 0 Å². The zero-order chi connectivity index (χ0) is 20.5. The lowest BCUT2D eigenvalue weighted by atomic mass is 10.1. The first-order chi connectivity index (χ1) is 14.2. The Labute approximate surface area is 168 Å². The number of amides is 1. The van der Waals surface area contributed by atoms with Crippen LogP contribution in [0.5, 0.6) is 11.5 Å². The summed E-state index contributed by atoms with van der Waals surface area (Å²) in [5.41, 5.74) is 4.53. The first-order valence-electron chi connectivity index (χ1n) is 8.97. The molecule has 3 aromatic rings. The van der Waals surface area contributed by atoms with Gasteiger partial charge in [0.15, 0.2) is 11.5 Å². The van der Waals surface area contributed by atoms with E-state index in [4.69, 9.17) is 9.47 Å². The van der Waals surface area contributed by atoms with Gasteiger partial charge in [-0.2, -0.15) is 5.10 Å². The van der Waals surface area contributed by atoms with Crippen molar-refractivity contribution in [2.45, 2.75) is 6.42 Å². The fourth-order valence-corrected chi connectivity index (χ4v) is 2.58. The predicted molar refractivity (Wildman–Crippen MR) is 110 cm³/mol. The van der Waals surface area contributed by atoms with Crippen LogP contribution in [-0.2, 0) is 11.2 Å². The molecule has 1 amide bonds. The molecule has 3 rings (SSSR count). The SMILES string of the molecule is COc1cc(/C=N\NC(=O)Cc2ccccc2)ccc1OC(=O)c1ccccc1. The lowest BCUT2D eigenvalue weighted by Gasteiger charge is -2.10. The van der Waals surface area contributed by atoms with Gasteiger partial charge in [-0.3, -0.25) is 4.79 Å². The van der Waals surface area contributed by atoms with Crippen molar-refractivity contribution in [3.8, 4) is 11.5 Å². The standard InChI is InChI=1S/C23H20N2O4/c1-28-21-14-18(16-24-25-22(26)15-17-8-4-2-5-9-17)12-13-20(21)29-23(27)19-10-6-3-7-11-19/h2-14,16H,15H2,1H3,(H,25,26)/b24-16-. The predicted octanol–water partition coefficient (Wildman–Crippen LogP) is 3.61. The lowest BCUT2D eigenvalue weighted by molar-refractivity contribution is -0.120. The van der Waals surface area contributed by atoms with Crippen LogP contribution >= 0.6 is 0 Å². The van der Waals surface area contributed by atoms with Crippen molar-refractivity contribution in [3.05, 3.63) is 95.6 Å². The van der Waals surface area contributed by atoms with Gasteiger partial charge in [0.05, 0.1) is 25.3 Å². The van der Waals surface area contributed by atoms with E-state index in [1.54, 1.807) is 42.5 Å². The van der Waals surface area contributed by atoms with Crippen molar-refractivity contribution in [1.82, 2.24) is 5.43 Å². The minimum atomic E-state index is -0.474. The van der Waals surface area contributed by atoms with Crippen molar-refractivity contribution in [2.75, 3.05) is 7.11 Å². The van der Waals surface area contributed by atoms with Gasteiger partial charge < -0.3 is 9.47 Å². The summed E-state index contributed by atoms with van der Waals surface area (Å²) in [5.74, 6) is -0.00761. The second-order valence-electron chi connectivity index (χ2n) is 6.12. The van der Waals surface area contributed by atoms with E-state index in [0.29, 0.717) is 22.6 Å². The summed E-state index contributed by atoms with van der Waals surface area (Å²) < 4.78 is 10.7. The number of hydrazone groups is 1. The van der Waals surface area contributed by atoms with Crippen LogP contribution in [0.25, 0.3) is 0 Å². The number of methoxy groups -OCH3 is 1. The normalized spacial score (nSPS) is 10.5. The monoisotopic (exact) mass is 388 g/mol. The topological polar surface area (TPSA) is 77.0 Å². The molecule has 0 bridgehead atoms. The van der Waals surface area contributed by atoms with Crippen LogP contribution in [-0.4, -0.2) is 25.2 Å². The van der Waals surface area contributed by atoms with Crippen molar-refractivity contribution < 1.29 is 19.1 Å². The van der Waals surface area contributed by atoms with E-state index >= 15 is 0 Å². The van der Waals surface area contributed by atoms with Gasteiger partial charge >= 0.3 is 5.97 Å². The number of rotatable bonds is 7. The Morgan fingerprint density at radius 1 is 0.931 bits per heavy atom. The number of nitrogens with zero attached hydrogens (tertiary/aromatic N) is 1. The van der Waals surface area contributed by atoms with Gasteiger partial charge in [0.25, 0.3) is 0 Å². The molecule has 3 aromatic carbocycles. The molecule has 0 aliphatic rings. The number of hydrogen-bond donors (Lipinski definition) is 1. The molecule has 0 atom stereocenters. The van der Waals surface area contributed by atoms with Crippen LogP contribution in [0.1, 0.15) is 21.5 Å². The summed E-state index contributed by atoms with van der Waals surface area (Å²) in [5, 5.41) is 3.96. The molecular weight excluding hydrogens is 368 g/mol. The molecule has 0 saturated heterocycles. The van der Waals surface area contributed by atoms with Crippen molar-refractivity contribution in [3.63, 3.8) is 0 Å². The summed E-state index contributed by atoms with van der Waals surface area (Å²) in [6.07, 6.45) is 1.74. The highest BCUT2D eigenvalue weighted by atomic mass is 16.6. The first-order valence-corrected chi connectivity index (χ1v) is 8.97. The Morgan fingerprint density at radius 3 is 2.31 bits per heavy atom. The molecule has 0 saturated carbocycles. The zero-order valence-electron chi connectivity index (χ0n) is 15.9. The third-order valence-corrected chi connectivity index (χ3v) is 4.01. The smallest absolute Gasteiger partial charge is 0.343 e. The summed E-state index contributed by atoms with van der Waals surface area (Å²) in [6.45, 7) is 0. The molecule has 0 radical (unpaired) electrons. The maximum atomic E-state index is 12.2. The number of carbonyl (C=O) groups is 2. The minimum absolute atomic E-state index is 0.215. The molecule has 0 unspecified atom stereocenters. The third kappa shape index (κ3) is 5.77. The van der Waals surface area contributed by atoms with Gasteiger partial charge in [-0.25, -0.2) is 10.2 Å². The lowest BCUT2D eigenvalue weighted by Crippen LogP contribution is -2.19. The molecule has 6 heteroatoms. The Bertz CT molecular complexity index is 1000. The summed E-state index contributed by atoms with van der Waals surface area (Å²) in [6, 6.07) is 23.1. The molecule has 1 N–H and O–H groups in total. The Kier molecular flexibility index (Phi) is 6.73. The molecule has 0 heterocycles. The fraction of sp³-hybridized carbons (Fsp3) is 0.0870. The molecular formula is C23H20N2O4. The van der Waals surface area contributed by atoms with Gasteiger partial charge in [-0.15, -0.1) is 0 Å². The highest BCUT2D eigenvalue weighted by Gasteiger charge is 2.12. The number of esters is 1. The minimum Gasteiger partial charge on any atom is -0.493 e. The Morgan fingerprint density at radius 2 is 1.62 bits per heavy atom. The molecule has 6 nitrogen and oxygen atoms in total. The van der Waals surface area contributed by atoms with Gasteiger partial charge in [-0.1, -0.05) is 48.5 Å². The van der Waals surface area contributed by atoms with E-state index in [-0.39, 0.29) is 12.3 Å². The number of carbonyl (C=O) groups excluding carboxylic acids is 2. The largest absolute Gasteiger partial charge is 0.493 e. The molecule has 0 spiro atoms. The second-order valence-corrected chi connectivity index (χ2v) is 6.12. The molecule has 0 fully saturated rings. The van der Waals surface area contributed by atoms with E-state index in [2.05, 4.69) is 10.5 Å². The fourth-order valence-electron chi connectivity index (χ4n) is 2.58. The van der Waals surface area contributed by atoms with Crippen LogP contribution in [0.3, 0.4) is 0 Å². The van der Waals surface area contributed by atoms with Crippen LogP contribution in [0.4, 0.5) is 0 Å². The molecule has 0 aliphatic carbocycles. The summed E-state index contributed by atoms with van der Waals surface area (Å²) >= 11 is 0.